The number of carbonyl (C=O) groups excluding carboxylic acids is 1. The van der Waals surface area contributed by atoms with Crippen molar-refractivity contribution in [2.75, 3.05) is 16.8 Å². The van der Waals surface area contributed by atoms with Gasteiger partial charge in [-0.25, -0.2) is 4.99 Å². The molecule has 0 saturated carbocycles. The third-order valence-electron chi connectivity index (χ3n) is 5.97. The molecule has 0 bridgehead atoms. The first-order chi connectivity index (χ1) is 17.9. The van der Waals surface area contributed by atoms with Gasteiger partial charge in [0.15, 0.2) is 0 Å². The molecular formula is C27H23ClN6O3. The predicted molar refractivity (Wildman–Crippen MR) is 144 cm³/mol. The fourth-order valence-corrected chi connectivity index (χ4v) is 4.32. The van der Waals surface area contributed by atoms with E-state index in [9.17, 15) is 9.90 Å². The van der Waals surface area contributed by atoms with Crippen molar-refractivity contribution in [1.82, 2.24) is 5.32 Å². The number of fused-ring (bicyclic) bond motifs is 1. The van der Waals surface area contributed by atoms with Gasteiger partial charge in [0, 0.05) is 23.0 Å². The minimum atomic E-state index is -1.17. The van der Waals surface area contributed by atoms with Gasteiger partial charge in [0.2, 0.25) is 12.1 Å². The van der Waals surface area contributed by atoms with Crippen molar-refractivity contribution in [3.63, 3.8) is 0 Å². The quantitative estimate of drug-likeness (QED) is 0.261. The average molecular weight is 515 g/mol. The lowest BCUT2D eigenvalue weighted by molar-refractivity contribution is -0.117. The minimum absolute atomic E-state index is 0.0219. The van der Waals surface area contributed by atoms with Gasteiger partial charge in [-0.15, -0.1) is 0 Å². The number of carbonyl (C=O) groups is 1. The van der Waals surface area contributed by atoms with Gasteiger partial charge in [-0.1, -0.05) is 60.1 Å². The molecule has 5 rings (SSSR count). The molecule has 0 saturated heterocycles. The lowest BCUT2D eigenvalue weighted by atomic mass is 10.0. The van der Waals surface area contributed by atoms with Crippen molar-refractivity contribution in [2.24, 2.45) is 4.99 Å². The van der Waals surface area contributed by atoms with Gasteiger partial charge in [0.1, 0.15) is 0 Å². The molecule has 10 heteroatoms. The SMILES string of the molecule is N=C(NC1N=C(c2ccccc2)c2ccccc2NC1=O)OC(=N)c1ccc(N2C=CC2CO)cc1Cl. The third-order valence-corrected chi connectivity index (χ3v) is 6.29. The fourth-order valence-electron chi connectivity index (χ4n) is 4.06. The summed E-state index contributed by atoms with van der Waals surface area (Å²) in [6.07, 6.45) is 2.52. The zero-order valence-corrected chi connectivity index (χ0v) is 20.2. The summed E-state index contributed by atoms with van der Waals surface area (Å²) in [5.41, 5.74) is 3.77. The summed E-state index contributed by atoms with van der Waals surface area (Å²) in [6.45, 7) is -0.0219. The number of hydrogen-bond acceptors (Lipinski definition) is 7. The van der Waals surface area contributed by atoms with Gasteiger partial charge >= 0.3 is 0 Å². The molecule has 2 aliphatic heterocycles. The van der Waals surface area contributed by atoms with Crippen LogP contribution in [0.2, 0.25) is 5.02 Å². The highest BCUT2D eigenvalue weighted by Gasteiger charge is 2.27. The molecule has 0 aromatic heterocycles. The zero-order valence-electron chi connectivity index (χ0n) is 19.5. The van der Waals surface area contributed by atoms with Crippen LogP contribution in [-0.4, -0.2) is 47.5 Å². The standard InChI is InChI=1S/C27H23ClN6O3/c28-21-14-17(34-13-12-18(34)15-35)10-11-19(21)24(29)37-27(30)33-25-26(36)31-22-9-5-4-8-20(22)23(32-25)16-6-2-1-3-7-16/h1-14,18,25,29,35H,15H2,(H2,30,33)(H,31,36). The van der Waals surface area contributed by atoms with Crippen LogP contribution in [-0.2, 0) is 9.53 Å². The molecule has 2 unspecified atom stereocenters. The number of aliphatic hydroxyl groups excluding tert-OH is 1. The van der Waals surface area contributed by atoms with Gasteiger partial charge in [0.05, 0.1) is 34.6 Å². The first kappa shape index (κ1) is 24.2. The lowest BCUT2D eigenvalue weighted by Gasteiger charge is -2.34. The minimum Gasteiger partial charge on any atom is -0.407 e. The van der Waals surface area contributed by atoms with Crippen molar-refractivity contribution < 1.29 is 14.6 Å². The van der Waals surface area contributed by atoms with Crippen LogP contribution in [0.15, 0.2) is 90.1 Å². The maximum Gasteiger partial charge on any atom is 0.290 e. The molecule has 2 atom stereocenters. The number of benzene rings is 3. The van der Waals surface area contributed by atoms with E-state index >= 15 is 0 Å². The summed E-state index contributed by atoms with van der Waals surface area (Å²) >= 11 is 6.39. The number of nitrogens with one attached hydrogen (secondary N) is 4. The molecule has 0 fully saturated rings. The molecule has 0 radical (unpaired) electrons. The summed E-state index contributed by atoms with van der Waals surface area (Å²) in [6, 6.07) is 21.1. The second kappa shape index (κ2) is 10.3. The Morgan fingerprint density at radius 2 is 1.86 bits per heavy atom. The molecule has 186 valence electrons. The van der Waals surface area contributed by atoms with E-state index in [0.717, 1.165) is 16.8 Å². The van der Waals surface area contributed by atoms with Crippen molar-refractivity contribution in [1.29, 1.82) is 10.8 Å². The van der Waals surface area contributed by atoms with Crippen LogP contribution in [0.4, 0.5) is 11.4 Å². The Labute approximate surface area is 218 Å². The highest BCUT2D eigenvalue weighted by atomic mass is 35.5. The van der Waals surface area contributed by atoms with E-state index in [1.165, 1.54) is 0 Å². The molecule has 0 spiro atoms. The Morgan fingerprint density at radius 1 is 1.11 bits per heavy atom. The van der Waals surface area contributed by atoms with Gasteiger partial charge in [0.25, 0.3) is 11.9 Å². The zero-order chi connectivity index (χ0) is 25.9. The number of rotatable bonds is 5. The number of benzodiazepines with no additional fused rings is 1. The summed E-state index contributed by atoms with van der Waals surface area (Å²) in [7, 11) is 0. The lowest BCUT2D eigenvalue weighted by Crippen LogP contribution is -2.43. The van der Waals surface area contributed by atoms with Gasteiger partial charge in [-0.05, 0) is 30.3 Å². The van der Waals surface area contributed by atoms with Crippen LogP contribution in [0.1, 0.15) is 16.7 Å². The van der Waals surface area contributed by atoms with Crippen LogP contribution in [0.25, 0.3) is 0 Å². The molecule has 5 N–H and O–H groups in total. The Balaban J connectivity index is 1.33. The smallest absolute Gasteiger partial charge is 0.290 e. The first-order valence-corrected chi connectivity index (χ1v) is 11.8. The summed E-state index contributed by atoms with van der Waals surface area (Å²) in [4.78, 5) is 19.4. The molecule has 37 heavy (non-hydrogen) atoms. The topological polar surface area (TPSA) is 134 Å². The molecule has 1 amide bonds. The van der Waals surface area contributed by atoms with Crippen molar-refractivity contribution in [3.8, 4) is 0 Å². The van der Waals surface area contributed by atoms with E-state index in [1.54, 1.807) is 24.3 Å². The monoisotopic (exact) mass is 514 g/mol. The van der Waals surface area contributed by atoms with Crippen LogP contribution < -0.4 is 15.5 Å². The van der Waals surface area contributed by atoms with Gasteiger partial charge in [-0.3, -0.25) is 15.6 Å². The Morgan fingerprint density at radius 3 is 2.57 bits per heavy atom. The number of anilines is 2. The van der Waals surface area contributed by atoms with E-state index in [-0.39, 0.29) is 29.1 Å². The fraction of sp³-hybridized carbons (Fsp3) is 0.111. The maximum atomic E-state index is 13.0. The molecule has 0 aliphatic carbocycles. The Bertz CT molecular complexity index is 1440. The maximum absolute atomic E-state index is 13.0. The second-order valence-corrected chi connectivity index (χ2v) is 8.76. The van der Waals surface area contributed by atoms with Crippen LogP contribution in [0.5, 0.6) is 0 Å². The number of nitrogens with zero attached hydrogens (tertiary/aromatic N) is 2. The number of ether oxygens (including phenoxy) is 1. The van der Waals surface area contributed by atoms with E-state index < -0.39 is 18.1 Å². The molecule has 3 aromatic carbocycles. The van der Waals surface area contributed by atoms with Crippen LogP contribution >= 0.6 is 11.6 Å². The van der Waals surface area contributed by atoms with E-state index in [1.807, 2.05) is 65.7 Å². The summed E-state index contributed by atoms with van der Waals surface area (Å²) in [5.74, 6) is -0.835. The van der Waals surface area contributed by atoms with Crippen molar-refractivity contribution >= 4 is 46.5 Å². The number of para-hydroxylation sites is 1. The third kappa shape index (κ3) is 4.95. The summed E-state index contributed by atoms with van der Waals surface area (Å²) < 4.78 is 5.36. The van der Waals surface area contributed by atoms with Crippen molar-refractivity contribution in [2.45, 2.75) is 12.2 Å². The number of amidine groups is 1. The number of halogens is 1. The number of aliphatic imine (C=N–C) groups is 1. The van der Waals surface area contributed by atoms with E-state index in [2.05, 4.69) is 15.6 Å². The van der Waals surface area contributed by atoms with E-state index in [0.29, 0.717) is 11.4 Å². The molecule has 9 nitrogen and oxygen atoms in total. The Kier molecular flexibility index (Phi) is 6.72. The second-order valence-electron chi connectivity index (χ2n) is 8.35. The molecular weight excluding hydrogens is 492 g/mol. The molecule has 3 aromatic rings. The van der Waals surface area contributed by atoms with E-state index in [4.69, 9.17) is 27.2 Å². The number of aliphatic hydroxyl groups is 1. The first-order valence-electron chi connectivity index (χ1n) is 11.5. The molecule has 2 heterocycles. The van der Waals surface area contributed by atoms with Crippen molar-refractivity contribution in [3.05, 3.63) is 107 Å². The molecule has 2 aliphatic rings. The number of hydrogen-bond donors (Lipinski definition) is 5. The van der Waals surface area contributed by atoms with Gasteiger partial charge in [-0.2, -0.15) is 0 Å². The highest BCUT2D eigenvalue weighted by Crippen LogP contribution is 2.29. The summed E-state index contributed by atoms with van der Waals surface area (Å²) in [5, 5.41) is 31.7. The largest absolute Gasteiger partial charge is 0.407 e. The van der Waals surface area contributed by atoms with Gasteiger partial charge < -0.3 is 25.4 Å². The van der Waals surface area contributed by atoms with Crippen LogP contribution in [0, 0.1) is 10.8 Å². The van der Waals surface area contributed by atoms with Crippen LogP contribution in [0.3, 0.4) is 0 Å². The predicted octanol–water partition coefficient (Wildman–Crippen LogP) is 3.72. The highest BCUT2D eigenvalue weighted by molar-refractivity contribution is 6.34. The normalized spacial score (nSPS) is 18.1. The average Bonchev–Trinajstić information content (AvgIpc) is 3.00. The Hall–Kier alpha value is -4.47. The number of amides is 1.